The molecule has 2 rings (SSSR count). The number of hydrogen-bond acceptors (Lipinski definition) is 5. The van der Waals surface area contributed by atoms with Crippen molar-refractivity contribution in [1.29, 1.82) is 0 Å². The largest absolute Gasteiger partial charge is 0.493 e. The fourth-order valence-corrected chi connectivity index (χ4v) is 2.18. The maximum absolute atomic E-state index is 11.3. The fraction of sp³-hybridized carbons (Fsp3) is 0.533. The predicted molar refractivity (Wildman–Crippen MR) is 81.2 cm³/mol. The van der Waals surface area contributed by atoms with Crippen LogP contribution < -0.4 is 11.2 Å². The highest BCUT2D eigenvalue weighted by atomic mass is 16.6. The Labute approximate surface area is 125 Å². The standard InChI is InChI=1S/C15H22BNO4/c1-15(2)9-20-16(21-10-15)12-6-4-11(5-7-12)8-13(17)14(18)19-3/h4-7,13H,8-10,17H2,1-3H3. The zero-order valence-corrected chi connectivity index (χ0v) is 12.8. The molecule has 1 aliphatic heterocycles. The molecule has 21 heavy (non-hydrogen) atoms. The second-order valence-electron chi connectivity index (χ2n) is 6.19. The van der Waals surface area contributed by atoms with E-state index in [0.717, 1.165) is 11.0 Å². The Morgan fingerprint density at radius 1 is 1.33 bits per heavy atom. The molecule has 6 heteroatoms. The Morgan fingerprint density at radius 2 is 1.90 bits per heavy atom. The number of hydrogen-bond donors (Lipinski definition) is 1. The van der Waals surface area contributed by atoms with Crippen LogP contribution in [-0.4, -0.2) is 39.5 Å². The molecule has 2 N–H and O–H groups in total. The maximum Gasteiger partial charge on any atom is 0.493 e. The smallest absolute Gasteiger partial charge is 0.468 e. The van der Waals surface area contributed by atoms with E-state index in [1.165, 1.54) is 7.11 Å². The van der Waals surface area contributed by atoms with Gasteiger partial charge in [0.15, 0.2) is 0 Å². The third kappa shape index (κ3) is 4.30. The number of carbonyl (C=O) groups excluding carboxylic acids is 1. The molecule has 1 aromatic carbocycles. The highest BCUT2D eigenvalue weighted by molar-refractivity contribution is 6.61. The van der Waals surface area contributed by atoms with Gasteiger partial charge in [-0.3, -0.25) is 4.79 Å². The minimum Gasteiger partial charge on any atom is -0.468 e. The molecule has 0 spiro atoms. The second kappa shape index (κ2) is 6.60. The molecule has 1 aliphatic rings. The van der Waals surface area contributed by atoms with Crippen LogP contribution in [0.2, 0.25) is 0 Å². The molecule has 1 heterocycles. The highest BCUT2D eigenvalue weighted by Crippen LogP contribution is 2.21. The average molecular weight is 291 g/mol. The lowest BCUT2D eigenvalue weighted by molar-refractivity contribution is -0.142. The first-order valence-electron chi connectivity index (χ1n) is 7.07. The van der Waals surface area contributed by atoms with Gasteiger partial charge >= 0.3 is 13.1 Å². The van der Waals surface area contributed by atoms with Crippen molar-refractivity contribution in [3.63, 3.8) is 0 Å². The Hall–Kier alpha value is -1.37. The number of carbonyl (C=O) groups is 1. The quantitative estimate of drug-likeness (QED) is 0.646. The van der Waals surface area contributed by atoms with Crippen LogP contribution in [0.5, 0.6) is 0 Å². The van der Waals surface area contributed by atoms with Crippen LogP contribution in [-0.2, 0) is 25.3 Å². The van der Waals surface area contributed by atoms with E-state index in [9.17, 15) is 4.79 Å². The van der Waals surface area contributed by atoms with Crippen molar-refractivity contribution >= 4 is 18.6 Å². The third-order valence-electron chi connectivity index (χ3n) is 3.46. The second-order valence-corrected chi connectivity index (χ2v) is 6.19. The summed E-state index contributed by atoms with van der Waals surface area (Å²) in [5.74, 6) is -0.403. The molecule has 1 aromatic rings. The summed E-state index contributed by atoms with van der Waals surface area (Å²) >= 11 is 0. The number of esters is 1. The van der Waals surface area contributed by atoms with E-state index in [0.29, 0.717) is 19.6 Å². The number of rotatable bonds is 4. The van der Waals surface area contributed by atoms with Gasteiger partial charge in [-0.05, 0) is 17.4 Å². The molecular weight excluding hydrogens is 269 g/mol. The SMILES string of the molecule is COC(=O)C(N)Cc1ccc(B2OCC(C)(C)CO2)cc1. The summed E-state index contributed by atoms with van der Waals surface area (Å²) in [4.78, 5) is 11.3. The van der Waals surface area contributed by atoms with E-state index >= 15 is 0 Å². The summed E-state index contributed by atoms with van der Waals surface area (Å²) in [7, 11) is 1.02. The average Bonchev–Trinajstić information content (AvgIpc) is 2.47. The fourth-order valence-electron chi connectivity index (χ4n) is 2.18. The van der Waals surface area contributed by atoms with Gasteiger partial charge in [-0.2, -0.15) is 0 Å². The van der Waals surface area contributed by atoms with Crippen molar-refractivity contribution < 1.29 is 18.8 Å². The van der Waals surface area contributed by atoms with Gasteiger partial charge in [0.2, 0.25) is 0 Å². The van der Waals surface area contributed by atoms with Gasteiger partial charge in [0.05, 0.1) is 7.11 Å². The Balaban J connectivity index is 1.95. The van der Waals surface area contributed by atoms with E-state index in [2.05, 4.69) is 18.6 Å². The minimum atomic E-state index is -0.635. The summed E-state index contributed by atoms with van der Waals surface area (Å²) in [5, 5.41) is 0. The van der Waals surface area contributed by atoms with Gasteiger partial charge < -0.3 is 19.8 Å². The number of nitrogens with two attached hydrogens (primary N) is 1. The molecule has 0 bridgehead atoms. The molecule has 0 amide bonds. The Bertz CT molecular complexity index is 479. The van der Waals surface area contributed by atoms with E-state index in [4.69, 9.17) is 15.0 Å². The van der Waals surface area contributed by atoms with Gasteiger partial charge in [0.25, 0.3) is 0 Å². The molecule has 1 saturated heterocycles. The first kappa shape index (κ1) is 16.0. The van der Waals surface area contributed by atoms with Crippen molar-refractivity contribution in [2.75, 3.05) is 20.3 Å². The molecule has 0 radical (unpaired) electrons. The normalized spacial score (nSPS) is 19.1. The van der Waals surface area contributed by atoms with Crippen molar-refractivity contribution in [2.45, 2.75) is 26.3 Å². The van der Waals surface area contributed by atoms with Crippen LogP contribution in [0, 0.1) is 5.41 Å². The molecule has 1 unspecified atom stereocenters. The topological polar surface area (TPSA) is 70.8 Å². The van der Waals surface area contributed by atoms with E-state index in [1.54, 1.807) is 0 Å². The number of ether oxygens (including phenoxy) is 1. The summed E-state index contributed by atoms with van der Waals surface area (Å²) in [6, 6.07) is 7.13. The molecule has 1 fully saturated rings. The first-order chi connectivity index (χ1) is 9.91. The van der Waals surface area contributed by atoms with Gasteiger partial charge in [-0.1, -0.05) is 38.1 Å². The van der Waals surface area contributed by atoms with Crippen LogP contribution in [0.3, 0.4) is 0 Å². The van der Waals surface area contributed by atoms with Crippen LogP contribution >= 0.6 is 0 Å². The zero-order chi connectivity index (χ0) is 15.5. The molecule has 0 aliphatic carbocycles. The van der Waals surface area contributed by atoms with Crippen LogP contribution in [0.15, 0.2) is 24.3 Å². The molecule has 1 atom stereocenters. The Morgan fingerprint density at radius 3 is 2.43 bits per heavy atom. The van der Waals surface area contributed by atoms with E-state index < -0.39 is 12.0 Å². The van der Waals surface area contributed by atoms with Gasteiger partial charge in [-0.15, -0.1) is 0 Å². The van der Waals surface area contributed by atoms with Crippen molar-refractivity contribution in [2.24, 2.45) is 11.1 Å². The zero-order valence-electron chi connectivity index (χ0n) is 12.8. The highest BCUT2D eigenvalue weighted by Gasteiger charge is 2.33. The first-order valence-corrected chi connectivity index (χ1v) is 7.07. The van der Waals surface area contributed by atoms with E-state index in [1.807, 2.05) is 24.3 Å². The summed E-state index contributed by atoms with van der Waals surface area (Å²) in [6.45, 7) is 5.57. The summed E-state index contributed by atoms with van der Waals surface area (Å²) < 4.78 is 16.1. The third-order valence-corrected chi connectivity index (χ3v) is 3.46. The van der Waals surface area contributed by atoms with Crippen LogP contribution in [0.4, 0.5) is 0 Å². The molecule has 0 saturated carbocycles. The summed E-state index contributed by atoms with van der Waals surface area (Å²) in [5.41, 5.74) is 7.76. The molecule has 5 nitrogen and oxygen atoms in total. The number of methoxy groups -OCH3 is 1. The van der Waals surface area contributed by atoms with Gasteiger partial charge in [0, 0.05) is 18.6 Å². The molecule has 114 valence electrons. The van der Waals surface area contributed by atoms with Crippen LogP contribution in [0.1, 0.15) is 19.4 Å². The lowest BCUT2D eigenvalue weighted by Crippen LogP contribution is -2.47. The Kier molecular flexibility index (Phi) is 5.03. The minimum absolute atomic E-state index is 0.0593. The maximum atomic E-state index is 11.3. The lowest BCUT2D eigenvalue weighted by Gasteiger charge is -2.33. The predicted octanol–water partition coefficient (Wildman–Crippen LogP) is 0.498. The molecule has 0 aromatic heterocycles. The van der Waals surface area contributed by atoms with Crippen molar-refractivity contribution in [1.82, 2.24) is 0 Å². The molecular formula is C15H22BNO4. The summed E-state index contributed by atoms with van der Waals surface area (Å²) in [6.07, 6.45) is 0.451. The van der Waals surface area contributed by atoms with Crippen LogP contribution in [0.25, 0.3) is 0 Å². The van der Waals surface area contributed by atoms with Gasteiger partial charge in [-0.25, -0.2) is 0 Å². The monoisotopic (exact) mass is 291 g/mol. The number of benzene rings is 1. The van der Waals surface area contributed by atoms with Crippen molar-refractivity contribution in [3.05, 3.63) is 29.8 Å². The van der Waals surface area contributed by atoms with Gasteiger partial charge in [0.1, 0.15) is 6.04 Å². The van der Waals surface area contributed by atoms with Crippen molar-refractivity contribution in [3.8, 4) is 0 Å². The lowest BCUT2D eigenvalue weighted by atomic mass is 9.75. The van der Waals surface area contributed by atoms with E-state index in [-0.39, 0.29) is 12.5 Å².